The number of aliphatic hydroxyl groups is 1. The molecule has 0 aromatic rings. The van der Waals surface area contributed by atoms with E-state index >= 15 is 0 Å². The molecule has 0 rings (SSSR count). The molecule has 0 aliphatic heterocycles. The number of nitrogens with two attached hydrogens (primary N) is 1. The number of aliphatic hydroxyl groups excluding tert-OH is 1. The number of amides is 1. The van der Waals surface area contributed by atoms with Crippen molar-refractivity contribution < 1.29 is 9.90 Å². The Labute approximate surface area is 73.3 Å². The van der Waals surface area contributed by atoms with Crippen LogP contribution < -0.4 is 5.73 Å². The minimum absolute atomic E-state index is 0.358. The van der Waals surface area contributed by atoms with Gasteiger partial charge in [-0.25, -0.2) is 0 Å². The number of hydrogen-bond donors (Lipinski definition) is 2. The minimum Gasteiger partial charge on any atom is -0.389 e. The summed E-state index contributed by atoms with van der Waals surface area (Å²) >= 11 is 0. The van der Waals surface area contributed by atoms with Gasteiger partial charge in [0, 0.05) is 5.57 Å². The lowest BCUT2D eigenvalue weighted by Gasteiger charge is -2.10. The van der Waals surface area contributed by atoms with Crippen molar-refractivity contribution in [1.29, 1.82) is 0 Å². The predicted octanol–water partition coefficient (Wildman–Crippen LogP) is 0.969. The van der Waals surface area contributed by atoms with Gasteiger partial charge in [0.2, 0.25) is 5.91 Å². The largest absolute Gasteiger partial charge is 0.389 e. The van der Waals surface area contributed by atoms with Crippen molar-refractivity contribution >= 4 is 5.91 Å². The minimum atomic E-state index is -0.756. The highest BCUT2D eigenvalue weighted by atomic mass is 16.3. The topological polar surface area (TPSA) is 63.3 Å². The van der Waals surface area contributed by atoms with Crippen LogP contribution in [0.25, 0.3) is 0 Å². The Morgan fingerprint density at radius 3 is 2.33 bits per heavy atom. The van der Waals surface area contributed by atoms with E-state index in [1.54, 1.807) is 6.92 Å². The average molecular weight is 171 g/mol. The number of allylic oxidation sites excluding steroid dienone is 1. The van der Waals surface area contributed by atoms with Gasteiger partial charge in [0.1, 0.15) is 0 Å². The van der Waals surface area contributed by atoms with E-state index in [1.165, 1.54) is 0 Å². The van der Waals surface area contributed by atoms with Gasteiger partial charge >= 0.3 is 0 Å². The van der Waals surface area contributed by atoms with Crippen LogP contribution in [0.2, 0.25) is 0 Å². The van der Waals surface area contributed by atoms with Gasteiger partial charge in [0.15, 0.2) is 0 Å². The molecule has 3 heteroatoms. The average Bonchev–Trinajstić information content (AvgIpc) is 1.85. The molecule has 0 spiro atoms. The van der Waals surface area contributed by atoms with Crippen molar-refractivity contribution in [2.75, 3.05) is 0 Å². The third-order valence-corrected chi connectivity index (χ3v) is 1.77. The van der Waals surface area contributed by atoms with Crippen LogP contribution in [0.15, 0.2) is 11.1 Å². The van der Waals surface area contributed by atoms with E-state index in [4.69, 9.17) is 5.73 Å². The number of primary amides is 1. The molecule has 1 unspecified atom stereocenters. The number of carbonyl (C=O) groups is 1. The first kappa shape index (κ1) is 11.2. The third kappa shape index (κ3) is 3.05. The molecule has 3 nitrogen and oxygen atoms in total. The Hall–Kier alpha value is -0.830. The molecule has 70 valence electrons. The molecule has 0 bridgehead atoms. The van der Waals surface area contributed by atoms with Crippen LogP contribution in [0.4, 0.5) is 0 Å². The summed E-state index contributed by atoms with van der Waals surface area (Å²) < 4.78 is 0. The quantitative estimate of drug-likeness (QED) is 0.619. The molecule has 0 heterocycles. The molecule has 0 saturated heterocycles. The summed E-state index contributed by atoms with van der Waals surface area (Å²) in [6, 6.07) is 0. The zero-order chi connectivity index (χ0) is 9.72. The second kappa shape index (κ2) is 4.93. The van der Waals surface area contributed by atoms with Gasteiger partial charge in [-0.3, -0.25) is 4.79 Å². The van der Waals surface area contributed by atoms with Crippen LogP contribution in [0, 0.1) is 0 Å². The second-order valence-electron chi connectivity index (χ2n) is 2.98. The Kier molecular flexibility index (Phi) is 4.59. The molecule has 0 aromatic carbocycles. The Bertz CT molecular complexity index is 195. The smallest absolute Gasteiger partial charge is 0.247 e. The van der Waals surface area contributed by atoms with Crippen molar-refractivity contribution in [3.05, 3.63) is 11.1 Å². The molecule has 12 heavy (non-hydrogen) atoms. The summed E-state index contributed by atoms with van der Waals surface area (Å²) in [5.41, 5.74) is 6.36. The monoisotopic (exact) mass is 171 g/mol. The third-order valence-electron chi connectivity index (χ3n) is 1.77. The van der Waals surface area contributed by atoms with Crippen molar-refractivity contribution in [3.8, 4) is 0 Å². The molecule has 1 atom stereocenters. The maximum absolute atomic E-state index is 10.9. The Morgan fingerprint density at radius 1 is 1.58 bits per heavy atom. The van der Waals surface area contributed by atoms with Crippen LogP contribution in [0.3, 0.4) is 0 Å². The highest BCUT2D eigenvalue weighted by Gasteiger charge is 2.13. The lowest BCUT2D eigenvalue weighted by Crippen LogP contribution is -2.23. The molecule has 3 N–H and O–H groups in total. The molecule has 0 saturated carbocycles. The molecular formula is C9H17NO2. The van der Waals surface area contributed by atoms with E-state index in [2.05, 4.69) is 0 Å². The van der Waals surface area contributed by atoms with E-state index in [0.29, 0.717) is 5.57 Å². The summed E-state index contributed by atoms with van der Waals surface area (Å²) in [6.45, 7) is 5.40. The highest BCUT2D eigenvalue weighted by molar-refractivity contribution is 5.93. The van der Waals surface area contributed by atoms with Gasteiger partial charge in [-0.2, -0.15) is 0 Å². The normalized spacial score (nSPS) is 15.3. The number of carbonyl (C=O) groups excluding carboxylic acids is 1. The van der Waals surface area contributed by atoms with Gasteiger partial charge in [0.05, 0.1) is 6.10 Å². The number of rotatable bonds is 4. The summed E-state index contributed by atoms with van der Waals surface area (Å²) in [7, 11) is 0. The zero-order valence-electron chi connectivity index (χ0n) is 7.92. The first-order chi connectivity index (χ1) is 5.50. The summed E-state index contributed by atoms with van der Waals surface area (Å²) in [4.78, 5) is 10.9. The second-order valence-corrected chi connectivity index (χ2v) is 2.98. The molecule has 0 aromatic heterocycles. The van der Waals surface area contributed by atoms with Crippen molar-refractivity contribution in [3.63, 3.8) is 0 Å². The highest BCUT2D eigenvalue weighted by Crippen LogP contribution is 2.13. The van der Waals surface area contributed by atoms with Crippen LogP contribution in [-0.4, -0.2) is 17.1 Å². The summed E-state index contributed by atoms with van der Waals surface area (Å²) in [6.07, 6.45) is 1.01. The van der Waals surface area contributed by atoms with E-state index in [-0.39, 0.29) is 0 Å². The zero-order valence-corrected chi connectivity index (χ0v) is 7.92. The van der Waals surface area contributed by atoms with Gasteiger partial charge in [-0.15, -0.1) is 0 Å². The lowest BCUT2D eigenvalue weighted by molar-refractivity contribution is -0.115. The van der Waals surface area contributed by atoms with Crippen LogP contribution >= 0.6 is 0 Å². The first-order valence-corrected chi connectivity index (χ1v) is 4.18. The Balaban J connectivity index is 4.68. The van der Waals surface area contributed by atoms with E-state index < -0.39 is 12.0 Å². The van der Waals surface area contributed by atoms with Crippen LogP contribution in [0.5, 0.6) is 0 Å². The standard InChI is InChI=1S/C9H17NO2/c1-4-5-6(2)8(7(3)11)9(10)12/h7,11H,4-5H2,1-3H3,(H2,10,12). The number of hydrogen-bond acceptors (Lipinski definition) is 2. The van der Waals surface area contributed by atoms with Gasteiger partial charge in [0.25, 0.3) is 0 Å². The van der Waals surface area contributed by atoms with E-state index in [0.717, 1.165) is 18.4 Å². The van der Waals surface area contributed by atoms with Crippen molar-refractivity contribution in [2.24, 2.45) is 5.73 Å². The fourth-order valence-electron chi connectivity index (χ4n) is 1.28. The molecule has 0 fully saturated rings. The van der Waals surface area contributed by atoms with E-state index in [9.17, 15) is 9.90 Å². The molecule has 0 aliphatic carbocycles. The lowest BCUT2D eigenvalue weighted by atomic mass is 10.0. The van der Waals surface area contributed by atoms with Crippen molar-refractivity contribution in [2.45, 2.75) is 39.7 Å². The fourth-order valence-corrected chi connectivity index (χ4v) is 1.28. The molecule has 0 radical (unpaired) electrons. The maximum atomic E-state index is 10.9. The SMILES string of the molecule is CCCC(C)=C(C(N)=O)C(C)O. The van der Waals surface area contributed by atoms with Crippen LogP contribution in [-0.2, 0) is 4.79 Å². The maximum Gasteiger partial charge on any atom is 0.247 e. The molecule has 0 aliphatic rings. The van der Waals surface area contributed by atoms with Gasteiger partial charge < -0.3 is 10.8 Å². The van der Waals surface area contributed by atoms with Gasteiger partial charge in [-0.05, 0) is 20.3 Å². The van der Waals surface area contributed by atoms with Crippen molar-refractivity contribution in [1.82, 2.24) is 0 Å². The van der Waals surface area contributed by atoms with Gasteiger partial charge in [-0.1, -0.05) is 18.9 Å². The molecular weight excluding hydrogens is 154 g/mol. The summed E-state index contributed by atoms with van der Waals surface area (Å²) in [5.74, 6) is -0.518. The Morgan fingerprint density at radius 2 is 2.08 bits per heavy atom. The molecule has 1 amide bonds. The fraction of sp³-hybridized carbons (Fsp3) is 0.667. The van der Waals surface area contributed by atoms with E-state index in [1.807, 2.05) is 13.8 Å². The predicted molar refractivity (Wildman–Crippen MR) is 48.5 cm³/mol. The summed E-state index contributed by atoms with van der Waals surface area (Å²) in [5, 5.41) is 9.22. The van der Waals surface area contributed by atoms with Crippen LogP contribution in [0.1, 0.15) is 33.6 Å². The first-order valence-electron chi connectivity index (χ1n) is 4.18.